The van der Waals surface area contributed by atoms with Crippen molar-refractivity contribution in [3.8, 4) is 0 Å². The Balaban J connectivity index is 3.29. The molecule has 12 heavy (non-hydrogen) atoms. The number of nitrogens with one attached hydrogen (secondary N) is 1. The van der Waals surface area contributed by atoms with E-state index >= 15 is 0 Å². The molecule has 0 fully saturated rings. The molecule has 6 nitrogen and oxygen atoms in total. The van der Waals surface area contributed by atoms with Crippen LogP contribution in [0.25, 0.3) is 0 Å². The zero-order valence-electron chi connectivity index (χ0n) is 6.32. The van der Waals surface area contributed by atoms with E-state index in [1.54, 1.807) is 0 Å². The quantitative estimate of drug-likeness (QED) is 0.339. The summed E-state index contributed by atoms with van der Waals surface area (Å²) in [5, 5.41) is 0. The highest BCUT2D eigenvalue weighted by Gasteiger charge is 2.03. The second kappa shape index (κ2) is 5.07. The van der Waals surface area contributed by atoms with Gasteiger partial charge in [0, 0.05) is 6.92 Å². The molecule has 0 spiro atoms. The molecule has 0 aliphatic carbocycles. The molecule has 71 valence electrons. The number of rotatable bonds is 5. The van der Waals surface area contributed by atoms with E-state index in [0.29, 0.717) is 0 Å². The normalized spacial score (nSPS) is 11.2. The Labute approximate surface area is 70.6 Å². The molecule has 0 rings (SSSR count). The number of amides is 1. The SMILES string of the molecule is [CH2]C(=O)NOCCCS(=O)(=O)O. The fourth-order valence-corrected chi connectivity index (χ4v) is 0.928. The number of carbonyl (C=O) groups is 1. The van der Waals surface area contributed by atoms with E-state index < -0.39 is 16.0 Å². The lowest BCUT2D eigenvalue weighted by Crippen LogP contribution is -2.21. The minimum atomic E-state index is -3.93. The van der Waals surface area contributed by atoms with Crippen LogP contribution in [0.15, 0.2) is 0 Å². The van der Waals surface area contributed by atoms with Gasteiger partial charge in [-0.05, 0) is 6.42 Å². The maximum absolute atomic E-state index is 10.1. The Kier molecular flexibility index (Phi) is 4.79. The van der Waals surface area contributed by atoms with Crippen molar-refractivity contribution in [1.29, 1.82) is 0 Å². The first-order valence-corrected chi connectivity index (χ1v) is 4.71. The van der Waals surface area contributed by atoms with Gasteiger partial charge in [0.2, 0.25) is 5.91 Å². The topological polar surface area (TPSA) is 92.7 Å². The van der Waals surface area contributed by atoms with Crippen molar-refractivity contribution < 1.29 is 22.6 Å². The summed E-state index contributed by atoms with van der Waals surface area (Å²) < 4.78 is 28.5. The summed E-state index contributed by atoms with van der Waals surface area (Å²) >= 11 is 0. The first-order chi connectivity index (χ1) is 5.42. The Morgan fingerprint density at radius 1 is 1.58 bits per heavy atom. The maximum Gasteiger partial charge on any atom is 0.264 e. The molecule has 0 atom stereocenters. The Hall–Kier alpha value is -0.660. The summed E-state index contributed by atoms with van der Waals surface area (Å²) in [5.41, 5.74) is 1.91. The van der Waals surface area contributed by atoms with Crippen LogP contribution in [0.4, 0.5) is 0 Å². The van der Waals surface area contributed by atoms with Crippen molar-refractivity contribution in [2.24, 2.45) is 0 Å². The first-order valence-electron chi connectivity index (χ1n) is 3.11. The van der Waals surface area contributed by atoms with Crippen LogP contribution in [0.1, 0.15) is 6.42 Å². The standard InChI is InChI=1S/C5H10NO5S/c1-5(7)6-11-3-2-4-12(8,9)10/h1-4H2,(H,6,7)(H,8,9,10). The third-order valence-corrected chi connectivity index (χ3v) is 1.64. The van der Waals surface area contributed by atoms with Crippen molar-refractivity contribution in [3.63, 3.8) is 0 Å². The summed E-state index contributed by atoms with van der Waals surface area (Å²) in [6, 6.07) is 0. The summed E-state index contributed by atoms with van der Waals surface area (Å²) in [6.07, 6.45) is 0.110. The van der Waals surface area contributed by atoms with Crippen LogP contribution >= 0.6 is 0 Å². The molecule has 0 saturated heterocycles. The molecule has 0 saturated carbocycles. The van der Waals surface area contributed by atoms with Crippen molar-refractivity contribution >= 4 is 16.0 Å². The van der Waals surface area contributed by atoms with E-state index in [4.69, 9.17) is 4.55 Å². The highest BCUT2D eigenvalue weighted by atomic mass is 32.2. The Morgan fingerprint density at radius 3 is 2.58 bits per heavy atom. The van der Waals surface area contributed by atoms with Crippen LogP contribution in [0.3, 0.4) is 0 Å². The Bertz CT molecular complexity index is 234. The smallest absolute Gasteiger partial charge is 0.264 e. The molecule has 0 unspecified atom stereocenters. The third-order valence-electron chi connectivity index (χ3n) is 0.835. The average molecular weight is 196 g/mol. The summed E-state index contributed by atoms with van der Waals surface area (Å²) in [6.45, 7) is 2.96. The van der Waals surface area contributed by atoms with E-state index in [9.17, 15) is 13.2 Å². The zero-order chi connectivity index (χ0) is 9.61. The highest BCUT2D eigenvalue weighted by molar-refractivity contribution is 7.85. The van der Waals surface area contributed by atoms with Crippen LogP contribution in [0.2, 0.25) is 0 Å². The van der Waals surface area contributed by atoms with Gasteiger partial charge in [-0.1, -0.05) is 0 Å². The largest absolute Gasteiger partial charge is 0.286 e. The lowest BCUT2D eigenvalue weighted by atomic mass is 10.5. The molecule has 1 amide bonds. The molecule has 0 aliphatic rings. The second-order valence-electron chi connectivity index (χ2n) is 2.01. The van der Waals surface area contributed by atoms with Gasteiger partial charge in [-0.3, -0.25) is 14.2 Å². The third kappa shape index (κ3) is 9.34. The van der Waals surface area contributed by atoms with Gasteiger partial charge in [0.05, 0.1) is 12.4 Å². The molecule has 0 heterocycles. The molecule has 0 aromatic rings. The monoisotopic (exact) mass is 196 g/mol. The average Bonchev–Trinajstić information content (AvgIpc) is 1.83. The zero-order valence-corrected chi connectivity index (χ0v) is 7.13. The number of hydrogen-bond acceptors (Lipinski definition) is 4. The van der Waals surface area contributed by atoms with Crippen LogP contribution in [0.5, 0.6) is 0 Å². The first kappa shape index (κ1) is 11.3. The summed E-state index contributed by atoms with van der Waals surface area (Å²) in [5.74, 6) is -0.998. The van der Waals surface area contributed by atoms with Gasteiger partial charge < -0.3 is 0 Å². The van der Waals surface area contributed by atoms with E-state index in [-0.39, 0.29) is 18.8 Å². The fourth-order valence-electron chi connectivity index (χ4n) is 0.445. The molecular weight excluding hydrogens is 186 g/mol. The van der Waals surface area contributed by atoms with Crippen LogP contribution in [-0.2, 0) is 19.8 Å². The van der Waals surface area contributed by atoms with Crippen molar-refractivity contribution in [2.45, 2.75) is 6.42 Å². The van der Waals surface area contributed by atoms with Crippen molar-refractivity contribution in [3.05, 3.63) is 6.92 Å². The van der Waals surface area contributed by atoms with Gasteiger partial charge in [-0.15, -0.1) is 0 Å². The summed E-state index contributed by atoms with van der Waals surface area (Å²) in [7, 11) is -3.93. The van der Waals surface area contributed by atoms with Gasteiger partial charge >= 0.3 is 0 Å². The second-order valence-corrected chi connectivity index (χ2v) is 3.59. The molecule has 1 radical (unpaired) electrons. The summed E-state index contributed by atoms with van der Waals surface area (Å²) in [4.78, 5) is 14.5. The molecule has 0 bridgehead atoms. The Morgan fingerprint density at radius 2 is 2.17 bits per heavy atom. The van der Waals surface area contributed by atoms with Gasteiger partial charge in [-0.25, -0.2) is 5.48 Å². The van der Waals surface area contributed by atoms with Gasteiger partial charge in [0.15, 0.2) is 0 Å². The van der Waals surface area contributed by atoms with Gasteiger partial charge in [0.25, 0.3) is 10.1 Å². The molecule has 0 aromatic carbocycles. The van der Waals surface area contributed by atoms with E-state index in [2.05, 4.69) is 11.8 Å². The molecule has 7 heteroatoms. The van der Waals surface area contributed by atoms with Crippen LogP contribution in [-0.4, -0.2) is 31.2 Å². The predicted molar refractivity (Wildman–Crippen MR) is 40.5 cm³/mol. The van der Waals surface area contributed by atoms with E-state index in [0.717, 1.165) is 0 Å². The lowest BCUT2D eigenvalue weighted by molar-refractivity contribution is -0.128. The number of hydroxylamine groups is 1. The minimum Gasteiger partial charge on any atom is -0.286 e. The van der Waals surface area contributed by atoms with Crippen LogP contribution in [0, 0.1) is 6.92 Å². The molecule has 0 aliphatic heterocycles. The predicted octanol–water partition coefficient (Wildman–Crippen LogP) is -0.854. The minimum absolute atomic E-state index is 0.0149. The fraction of sp³-hybridized carbons (Fsp3) is 0.600. The number of carbonyl (C=O) groups excluding carboxylic acids is 1. The maximum atomic E-state index is 10.1. The van der Waals surface area contributed by atoms with Gasteiger partial charge in [-0.2, -0.15) is 8.42 Å². The van der Waals surface area contributed by atoms with Crippen LogP contribution < -0.4 is 5.48 Å². The highest BCUT2D eigenvalue weighted by Crippen LogP contribution is 1.87. The molecule has 0 aromatic heterocycles. The van der Waals surface area contributed by atoms with Crippen molar-refractivity contribution in [1.82, 2.24) is 5.48 Å². The lowest BCUT2D eigenvalue weighted by Gasteiger charge is -2.01. The molecular formula is C5H10NO5S. The van der Waals surface area contributed by atoms with E-state index in [1.165, 1.54) is 0 Å². The number of hydrogen-bond donors (Lipinski definition) is 2. The van der Waals surface area contributed by atoms with E-state index in [1.807, 2.05) is 5.48 Å². The molecule has 2 N–H and O–H groups in total. The van der Waals surface area contributed by atoms with Gasteiger partial charge in [0.1, 0.15) is 0 Å². The van der Waals surface area contributed by atoms with Crippen molar-refractivity contribution in [2.75, 3.05) is 12.4 Å².